The molecule has 0 aliphatic carbocycles. The number of esters is 1. The normalized spacial score (nSPS) is 14.7. The van der Waals surface area contributed by atoms with Crippen LogP contribution in [-0.2, 0) is 4.79 Å². The average molecular weight is 309 g/mol. The lowest BCUT2D eigenvalue weighted by atomic mass is 10.1. The van der Waals surface area contributed by atoms with Gasteiger partial charge >= 0.3 is 5.97 Å². The molecule has 0 fully saturated rings. The molecule has 0 N–H and O–H groups in total. The number of ether oxygens (including phenoxy) is 2. The predicted octanol–water partition coefficient (Wildman–Crippen LogP) is 3.26. The van der Waals surface area contributed by atoms with Crippen LogP contribution in [-0.4, -0.2) is 16.7 Å². The third kappa shape index (κ3) is 3.13. The molecule has 0 unspecified atom stereocenters. The van der Waals surface area contributed by atoms with Gasteiger partial charge in [0, 0.05) is 18.5 Å². The standard InChI is InChI=1S/C18H15NO4/c1-11(2)18(21)22-13-3-4-14-15(10-13)23-16(17(14)20)9-12-5-7-19-8-6-12/h3-11H,1-2H3. The fraction of sp³-hybridized carbons (Fsp3) is 0.167. The smallest absolute Gasteiger partial charge is 0.313 e. The van der Waals surface area contributed by atoms with E-state index in [4.69, 9.17) is 9.47 Å². The van der Waals surface area contributed by atoms with Crippen molar-refractivity contribution < 1.29 is 19.1 Å². The summed E-state index contributed by atoms with van der Waals surface area (Å²) in [5, 5.41) is 0. The third-order valence-corrected chi connectivity index (χ3v) is 3.34. The molecule has 0 saturated carbocycles. The first-order valence-electron chi connectivity index (χ1n) is 7.24. The Labute approximate surface area is 133 Å². The first kappa shape index (κ1) is 15.0. The van der Waals surface area contributed by atoms with Crippen molar-refractivity contribution in [2.75, 3.05) is 0 Å². The molecule has 0 radical (unpaired) electrons. The van der Waals surface area contributed by atoms with E-state index < -0.39 is 0 Å². The number of carbonyl (C=O) groups excluding carboxylic acids is 2. The van der Waals surface area contributed by atoms with Gasteiger partial charge in [0.2, 0.25) is 5.78 Å². The number of nitrogens with zero attached hydrogens (tertiary/aromatic N) is 1. The second-order valence-electron chi connectivity index (χ2n) is 5.45. The molecule has 2 aromatic rings. The maximum atomic E-state index is 12.3. The third-order valence-electron chi connectivity index (χ3n) is 3.34. The summed E-state index contributed by atoms with van der Waals surface area (Å²) in [6, 6.07) is 8.32. The Hall–Kier alpha value is -2.95. The summed E-state index contributed by atoms with van der Waals surface area (Å²) in [5.41, 5.74) is 1.28. The molecule has 116 valence electrons. The number of hydrogen-bond acceptors (Lipinski definition) is 5. The molecule has 0 saturated heterocycles. The van der Waals surface area contributed by atoms with Crippen molar-refractivity contribution in [2.24, 2.45) is 5.92 Å². The van der Waals surface area contributed by atoms with Gasteiger partial charge in [-0.3, -0.25) is 14.6 Å². The molecule has 3 rings (SSSR count). The highest BCUT2D eigenvalue weighted by Crippen LogP contribution is 2.35. The number of benzene rings is 1. The van der Waals surface area contributed by atoms with E-state index >= 15 is 0 Å². The van der Waals surface area contributed by atoms with Crippen molar-refractivity contribution >= 4 is 17.8 Å². The minimum Gasteiger partial charge on any atom is -0.452 e. The molecule has 1 aromatic heterocycles. The monoisotopic (exact) mass is 309 g/mol. The Morgan fingerprint density at radius 2 is 1.96 bits per heavy atom. The quantitative estimate of drug-likeness (QED) is 0.494. The van der Waals surface area contributed by atoms with Gasteiger partial charge in [0.05, 0.1) is 11.5 Å². The van der Waals surface area contributed by atoms with E-state index in [-0.39, 0.29) is 23.4 Å². The van der Waals surface area contributed by atoms with E-state index in [9.17, 15) is 9.59 Å². The first-order valence-corrected chi connectivity index (χ1v) is 7.24. The second kappa shape index (κ2) is 6.04. The van der Waals surface area contributed by atoms with Crippen LogP contribution in [0.1, 0.15) is 29.8 Å². The van der Waals surface area contributed by atoms with E-state index in [2.05, 4.69) is 4.98 Å². The fourth-order valence-corrected chi connectivity index (χ4v) is 2.08. The summed E-state index contributed by atoms with van der Waals surface area (Å²) < 4.78 is 10.8. The number of pyridine rings is 1. The van der Waals surface area contributed by atoms with Gasteiger partial charge in [-0.05, 0) is 35.9 Å². The number of allylic oxidation sites excluding steroid dienone is 1. The Bertz CT molecular complexity index is 794. The van der Waals surface area contributed by atoms with Crippen LogP contribution in [0.2, 0.25) is 0 Å². The summed E-state index contributed by atoms with van der Waals surface area (Å²) in [4.78, 5) is 27.9. The van der Waals surface area contributed by atoms with Crippen molar-refractivity contribution in [1.82, 2.24) is 4.98 Å². The van der Waals surface area contributed by atoms with E-state index in [1.54, 1.807) is 62.6 Å². The number of Topliss-reactive ketones (excluding diaryl/α,β-unsaturated/α-hetero) is 1. The number of aromatic nitrogens is 1. The second-order valence-corrected chi connectivity index (χ2v) is 5.45. The van der Waals surface area contributed by atoms with Crippen LogP contribution in [0.25, 0.3) is 6.08 Å². The van der Waals surface area contributed by atoms with Crippen molar-refractivity contribution in [3.05, 3.63) is 59.6 Å². The van der Waals surface area contributed by atoms with Gasteiger partial charge in [-0.2, -0.15) is 0 Å². The maximum absolute atomic E-state index is 12.3. The van der Waals surface area contributed by atoms with E-state index in [1.165, 1.54) is 0 Å². The van der Waals surface area contributed by atoms with Crippen LogP contribution in [0.3, 0.4) is 0 Å². The number of hydrogen-bond donors (Lipinski definition) is 0. The summed E-state index contributed by atoms with van der Waals surface area (Å²) in [6.07, 6.45) is 4.94. The van der Waals surface area contributed by atoms with Gasteiger partial charge in [-0.25, -0.2) is 0 Å². The van der Waals surface area contributed by atoms with E-state index in [0.29, 0.717) is 17.1 Å². The molecule has 1 aliphatic rings. The highest BCUT2D eigenvalue weighted by molar-refractivity contribution is 6.14. The maximum Gasteiger partial charge on any atom is 0.313 e. The lowest BCUT2D eigenvalue weighted by Gasteiger charge is -2.07. The Morgan fingerprint density at radius 3 is 2.65 bits per heavy atom. The van der Waals surface area contributed by atoms with Crippen LogP contribution >= 0.6 is 0 Å². The number of fused-ring (bicyclic) bond motifs is 1. The zero-order valence-corrected chi connectivity index (χ0v) is 12.8. The highest BCUT2D eigenvalue weighted by atomic mass is 16.5. The minimum atomic E-state index is -0.332. The molecular weight excluding hydrogens is 294 g/mol. The molecule has 1 aromatic carbocycles. The van der Waals surface area contributed by atoms with Crippen molar-refractivity contribution in [3.8, 4) is 11.5 Å². The summed E-state index contributed by atoms with van der Waals surface area (Å²) in [6.45, 7) is 3.51. The predicted molar refractivity (Wildman–Crippen MR) is 84.1 cm³/mol. The fourth-order valence-electron chi connectivity index (χ4n) is 2.08. The number of ketones is 1. The van der Waals surface area contributed by atoms with Gasteiger partial charge in [0.25, 0.3) is 0 Å². The van der Waals surface area contributed by atoms with E-state index in [0.717, 1.165) is 5.56 Å². The molecule has 0 amide bonds. The minimum absolute atomic E-state index is 0.196. The SMILES string of the molecule is CC(C)C(=O)Oc1ccc2c(c1)OC(=Cc1ccncc1)C2=O. The van der Waals surface area contributed by atoms with Gasteiger partial charge in [-0.1, -0.05) is 13.8 Å². The van der Waals surface area contributed by atoms with E-state index in [1.807, 2.05) is 0 Å². The zero-order chi connectivity index (χ0) is 16.4. The lowest BCUT2D eigenvalue weighted by molar-refractivity contribution is -0.137. The summed E-state index contributed by atoms with van der Waals surface area (Å²) in [7, 11) is 0. The number of carbonyl (C=O) groups is 2. The summed E-state index contributed by atoms with van der Waals surface area (Å²) in [5.74, 6) is 0.233. The van der Waals surface area contributed by atoms with Crippen molar-refractivity contribution in [3.63, 3.8) is 0 Å². The molecule has 0 spiro atoms. The molecule has 5 heteroatoms. The van der Waals surface area contributed by atoms with Gasteiger partial charge in [-0.15, -0.1) is 0 Å². The van der Waals surface area contributed by atoms with Gasteiger partial charge < -0.3 is 9.47 Å². The van der Waals surface area contributed by atoms with Crippen LogP contribution in [0.5, 0.6) is 11.5 Å². The topological polar surface area (TPSA) is 65.5 Å². The van der Waals surface area contributed by atoms with Crippen LogP contribution in [0, 0.1) is 5.92 Å². The molecule has 1 aliphatic heterocycles. The molecule has 23 heavy (non-hydrogen) atoms. The van der Waals surface area contributed by atoms with Crippen LogP contribution < -0.4 is 9.47 Å². The van der Waals surface area contributed by atoms with Crippen molar-refractivity contribution in [2.45, 2.75) is 13.8 Å². The first-order chi connectivity index (χ1) is 11.0. The Kier molecular flexibility index (Phi) is 3.93. The Morgan fingerprint density at radius 1 is 1.22 bits per heavy atom. The lowest BCUT2D eigenvalue weighted by Crippen LogP contribution is -2.14. The van der Waals surface area contributed by atoms with Gasteiger partial charge in [0.1, 0.15) is 11.5 Å². The highest BCUT2D eigenvalue weighted by Gasteiger charge is 2.28. The molecule has 0 bridgehead atoms. The van der Waals surface area contributed by atoms with Crippen LogP contribution in [0.15, 0.2) is 48.5 Å². The molecule has 5 nitrogen and oxygen atoms in total. The zero-order valence-electron chi connectivity index (χ0n) is 12.8. The average Bonchev–Trinajstić information content (AvgIpc) is 2.84. The molecule has 2 heterocycles. The van der Waals surface area contributed by atoms with Gasteiger partial charge in [0.15, 0.2) is 5.76 Å². The Balaban J connectivity index is 1.85. The van der Waals surface area contributed by atoms with Crippen molar-refractivity contribution in [1.29, 1.82) is 0 Å². The molecular formula is C18H15NO4. The number of rotatable bonds is 3. The molecule has 0 atom stereocenters. The largest absolute Gasteiger partial charge is 0.452 e. The van der Waals surface area contributed by atoms with Crippen LogP contribution in [0.4, 0.5) is 0 Å². The summed E-state index contributed by atoms with van der Waals surface area (Å²) >= 11 is 0.